The fourth-order valence-corrected chi connectivity index (χ4v) is 1.38. The fourth-order valence-electron chi connectivity index (χ4n) is 1.38. The Hall–Kier alpha value is -2.17. The van der Waals surface area contributed by atoms with Crippen molar-refractivity contribution in [2.24, 2.45) is 0 Å². The molecule has 0 aliphatic carbocycles. The van der Waals surface area contributed by atoms with Crippen LogP contribution in [0.15, 0.2) is 36.7 Å². The van der Waals surface area contributed by atoms with Crippen LogP contribution in [0.4, 0.5) is 0 Å². The largest absolute Gasteiger partial charge is 0.476 e. The molecule has 2 rings (SSSR count). The van der Waals surface area contributed by atoms with Gasteiger partial charge in [-0.2, -0.15) is 5.10 Å². The van der Waals surface area contributed by atoms with Crippen molar-refractivity contribution in [3.8, 4) is 0 Å². The molecule has 1 N–H and O–H groups in total. The van der Waals surface area contributed by atoms with Crippen LogP contribution < -0.4 is 0 Å². The summed E-state index contributed by atoms with van der Waals surface area (Å²) in [5.41, 5.74) is 1.04. The number of aromatic nitrogens is 3. The predicted octanol–water partition coefficient (Wildman–Crippen LogP) is 1.22. The first-order chi connectivity index (χ1) is 7.75. The average Bonchev–Trinajstić information content (AvgIpc) is 2.76. The smallest absolute Gasteiger partial charge is 0.356 e. The molecule has 0 aliphatic rings. The average molecular weight is 217 g/mol. The van der Waals surface area contributed by atoms with Crippen molar-refractivity contribution in [1.82, 2.24) is 14.8 Å². The van der Waals surface area contributed by atoms with Gasteiger partial charge >= 0.3 is 5.97 Å². The zero-order chi connectivity index (χ0) is 11.4. The molecule has 2 aromatic heterocycles. The van der Waals surface area contributed by atoms with E-state index in [1.54, 1.807) is 17.1 Å². The van der Waals surface area contributed by atoms with Crippen LogP contribution >= 0.6 is 0 Å². The Labute approximate surface area is 92.4 Å². The van der Waals surface area contributed by atoms with E-state index in [0.29, 0.717) is 6.54 Å². The van der Waals surface area contributed by atoms with Gasteiger partial charge in [0.2, 0.25) is 0 Å². The highest BCUT2D eigenvalue weighted by atomic mass is 16.4. The van der Waals surface area contributed by atoms with Crippen LogP contribution in [0, 0.1) is 0 Å². The van der Waals surface area contributed by atoms with E-state index in [9.17, 15) is 4.79 Å². The summed E-state index contributed by atoms with van der Waals surface area (Å²) in [4.78, 5) is 14.8. The van der Waals surface area contributed by atoms with Gasteiger partial charge in [0.15, 0.2) is 5.69 Å². The van der Waals surface area contributed by atoms with Crippen LogP contribution in [0.5, 0.6) is 0 Å². The molecular formula is C11H11N3O2. The number of carbonyl (C=O) groups is 1. The maximum Gasteiger partial charge on any atom is 0.356 e. The molecule has 0 atom stereocenters. The SMILES string of the molecule is O=C(O)c1ccn(CCc2ccccn2)n1. The topological polar surface area (TPSA) is 68.0 Å². The Morgan fingerprint density at radius 1 is 1.38 bits per heavy atom. The lowest BCUT2D eigenvalue weighted by Gasteiger charge is -2.00. The molecule has 82 valence electrons. The zero-order valence-electron chi connectivity index (χ0n) is 8.58. The zero-order valence-corrected chi connectivity index (χ0v) is 8.58. The number of hydrogen-bond acceptors (Lipinski definition) is 3. The van der Waals surface area contributed by atoms with Gasteiger partial charge in [0.25, 0.3) is 0 Å². The highest BCUT2D eigenvalue weighted by molar-refractivity contribution is 5.84. The van der Waals surface area contributed by atoms with Gasteiger partial charge in [-0.1, -0.05) is 6.07 Å². The third kappa shape index (κ3) is 2.44. The van der Waals surface area contributed by atoms with E-state index in [4.69, 9.17) is 5.11 Å². The van der Waals surface area contributed by atoms with Gasteiger partial charge in [-0.05, 0) is 18.2 Å². The molecule has 2 aromatic rings. The summed E-state index contributed by atoms with van der Waals surface area (Å²) in [5.74, 6) is -1.00. The molecule has 2 heterocycles. The van der Waals surface area contributed by atoms with Gasteiger partial charge in [0, 0.05) is 31.1 Å². The molecule has 0 radical (unpaired) electrons. The van der Waals surface area contributed by atoms with E-state index < -0.39 is 5.97 Å². The van der Waals surface area contributed by atoms with Gasteiger partial charge in [0.05, 0.1) is 0 Å². The number of carboxylic acid groups (broad SMARTS) is 1. The fraction of sp³-hybridized carbons (Fsp3) is 0.182. The van der Waals surface area contributed by atoms with Gasteiger partial charge in [-0.25, -0.2) is 4.79 Å². The number of carboxylic acids is 1. The van der Waals surface area contributed by atoms with Crippen molar-refractivity contribution < 1.29 is 9.90 Å². The Kier molecular flexibility index (Phi) is 2.95. The Morgan fingerprint density at radius 2 is 2.25 bits per heavy atom. The van der Waals surface area contributed by atoms with Crippen molar-refractivity contribution in [2.75, 3.05) is 0 Å². The number of aromatic carboxylic acids is 1. The number of rotatable bonds is 4. The molecule has 5 nitrogen and oxygen atoms in total. The van der Waals surface area contributed by atoms with Crippen molar-refractivity contribution in [3.63, 3.8) is 0 Å². The van der Waals surface area contributed by atoms with E-state index in [1.807, 2.05) is 18.2 Å². The predicted molar refractivity (Wildman–Crippen MR) is 57.1 cm³/mol. The Bertz CT molecular complexity index is 479. The maximum atomic E-state index is 10.6. The minimum absolute atomic E-state index is 0.0704. The molecule has 0 saturated carbocycles. The van der Waals surface area contributed by atoms with Crippen LogP contribution in [0.3, 0.4) is 0 Å². The van der Waals surface area contributed by atoms with Gasteiger partial charge < -0.3 is 5.11 Å². The van der Waals surface area contributed by atoms with Gasteiger partial charge in [-0.3, -0.25) is 9.67 Å². The summed E-state index contributed by atoms with van der Waals surface area (Å²) in [6, 6.07) is 7.20. The second kappa shape index (κ2) is 4.57. The van der Waals surface area contributed by atoms with Crippen molar-refractivity contribution in [2.45, 2.75) is 13.0 Å². The van der Waals surface area contributed by atoms with E-state index in [1.165, 1.54) is 6.07 Å². The highest BCUT2D eigenvalue weighted by Gasteiger charge is 2.06. The minimum atomic E-state index is -1.00. The molecule has 0 bridgehead atoms. The molecule has 0 amide bonds. The second-order valence-corrected chi connectivity index (χ2v) is 3.34. The molecule has 0 saturated heterocycles. The first-order valence-electron chi connectivity index (χ1n) is 4.92. The molecule has 0 aromatic carbocycles. The van der Waals surface area contributed by atoms with E-state index in [-0.39, 0.29) is 5.69 Å². The first kappa shape index (κ1) is 10.4. The second-order valence-electron chi connectivity index (χ2n) is 3.34. The molecule has 5 heteroatoms. The number of hydrogen-bond donors (Lipinski definition) is 1. The van der Waals surface area contributed by atoms with E-state index in [2.05, 4.69) is 10.1 Å². The molecule has 16 heavy (non-hydrogen) atoms. The van der Waals surface area contributed by atoms with Crippen LogP contribution in [0.25, 0.3) is 0 Å². The monoisotopic (exact) mass is 217 g/mol. The summed E-state index contributed by atoms with van der Waals surface area (Å²) >= 11 is 0. The maximum absolute atomic E-state index is 10.6. The molecule has 0 unspecified atom stereocenters. The number of nitrogens with zero attached hydrogens (tertiary/aromatic N) is 3. The lowest BCUT2D eigenvalue weighted by Crippen LogP contribution is -2.05. The summed E-state index contributed by atoms with van der Waals surface area (Å²) in [6.45, 7) is 0.629. The minimum Gasteiger partial charge on any atom is -0.476 e. The van der Waals surface area contributed by atoms with E-state index in [0.717, 1.165) is 12.1 Å². The van der Waals surface area contributed by atoms with Crippen molar-refractivity contribution in [3.05, 3.63) is 48.0 Å². The quantitative estimate of drug-likeness (QED) is 0.836. The van der Waals surface area contributed by atoms with Gasteiger partial charge in [-0.15, -0.1) is 0 Å². The van der Waals surface area contributed by atoms with Crippen LogP contribution in [0.1, 0.15) is 16.2 Å². The standard InChI is InChI=1S/C11H11N3O2/c15-11(16)10-5-8-14(13-10)7-4-9-3-1-2-6-12-9/h1-3,5-6,8H,4,7H2,(H,15,16). The van der Waals surface area contributed by atoms with Crippen LogP contribution in [0.2, 0.25) is 0 Å². The summed E-state index contributed by atoms with van der Waals surface area (Å²) in [6.07, 6.45) is 4.13. The van der Waals surface area contributed by atoms with Gasteiger partial charge in [0.1, 0.15) is 0 Å². The lowest BCUT2D eigenvalue weighted by atomic mass is 10.3. The summed E-state index contributed by atoms with van der Waals surface area (Å²) < 4.78 is 1.61. The number of pyridine rings is 1. The van der Waals surface area contributed by atoms with Crippen LogP contribution in [-0.4, -0.2) is 25.8 Å². The summed E-state index contributed by atoms with van der Waals surface area (Å²) in [5, 5.41) is 12.6. The molecule has 0 spiro atoms. The number of aryl methyl sites for hydroxylation is 2. The molecule has 0 fully saturated rings. The Morgan fingerprint density at radius 3 is 2.88 bits per heavy atom. The molecular weight excluding hydrogens is 206 g/mol. The van der Waals surface area contributed by atoms with Crippen molar-refractivity contribution >= 4 is 5.97 Å². The van der Waals surface area contributed by atoms with Crippen molar-refractivity contribution in [1.29, 1.82) is 0 Å². The third-order valence-corrected chi connectivity index (χ3v) is 2.18. The first-order valence-corrected chi connectivity index (χ1v) is 4.92. The third-order valence-electron chi connectivity index (χ3n) is 2.18. The summed E-state index contributed by atoms with van der Waals surface area (Å²) in [7, 11) is 0. The van der Waals surface area contributed by atoms with Crippen LogP contribution in [-0.2, 0) is 13.0 Å². The Balaban J connectivity index is 1.97. The molecule has 0 aliphatic heterocycles. The highest BCUT2D eigenvalue weighted by Crippen LogP contribution is 1.99. The normalized spacial score (nSPS) is 10.2. The van der Waals surface area contributed by atoms with E-state index >= 15 is 0 Å². The lowest BCUT2D eigenvalue weighted by molar-refractivity contribution is 0.0689.